The van der Waals surface area contributed by atoms with E-state index in [2.05, 4.69) is 20.4 Å². The van der Waals surface area contributed by atoms with Crippen molar-refractivity contribution in [1.82, 2.24) is 14.6 Å². The van der Waals surface area contributed by atoms with Gasteiger partial charge >= 0.3 is 0 Å². The molecular weight excluding hydrogens is 408 g/mol. The Labute approximate surface area is 181 Å². The second-order valence-corrected chi connectivity index (χ2v) is 6.94. The van der Waals surface area contributed by atoms with Gasteiger partial charge in [-0.15, -0.1) is 15.1 Å². The lowest BCUT2D eigenvalue weighted by molar-refractivity contribution is 0.415. The molecule has 5 rings (SSSR count). The first-order valence-electron chi connectivity index (χ1n) is 9.72. The van der Waals surface area contributed by atoms with Crippen LogP contribution in [0.3, 0.4) is 0 Å². The lowest BCUT2D eigenvalue weighted by Crippen LogP contribution is -2.09. The third-order valence-corrected chi connectivity index (χ3v) is 5.06. The lowest BCUT2D eigenvalue weighted by Gasteiger charge is -2.02. The molecular formula is C23H16N6O3. The van der Waals surface area contributed by atoms with Crippen LogP contribution in [0, 0.1) is 4.91 Å². The van der Waals surface area contributed by atoms with Gasteiger partial charge in [0.1, 0.15) is 22.8 Å². The number of rotatable bonds is 5. The Morgan fingerprint density at radius 2 is 1.72 bits per heavy atom. The van der Waals surface area contributed by atoms with E-state index >= 15 is 0 Å². The molecule has 9 nitrogen and oxygen atoms in total. The van der Waals surface area contributed by atoms with Gasteiger partial charge in [0.05, 0.1) is 18.0 Å². The predicted octanol–water partition coefficient (Wildman–Crippen LogP) is 5.66. The standard InChI is InChI=1S/C23H16N6O3/c1-32-15-11-12-17(18(13-15)28-31)25-26-21-20(14-7-3-2-4-8-14)27-29-19-10-6-5-9-16(19)23(30)24-22(21)29/h2-13H,1H3,(H,24,30). The number of H-pyrrole nitrogens is 1. The van der Waals surface area contributed by atoms with E-state index in [4.69, 9.17) is 9.84 Å². The fourth-order valence-corrected chi connectivity index (χ4v) is 3.50. The summed E-state index contributed by atoms with van der Waals surface area (Å²) in [6.45, 7) is 0. The second kappa shape index (κ2) is 7.88. The van der Waals surface area contributed by atoms with Gasteiger partial charge in [0.25, 0.3) is 5.56 Å². The number of nitrogens with one attached hydrogen (secondary N) is 1. The molecule has 0 aliphatic carbocycles. The SMILES string of the molecule is COc1ccc(N=Nc2c(-c3ccccc3)nn3c2[nH]c(=O)c2ccccc23)c(N=O)c1. The van der Waals surface area contributed by atoms with Crippen molar-refractivity contribution >= 4 is 33.6 Å². The molecule has 0 aliphatic rings. The van der Waals surface area contributed by atoms with Gasteiger partial charge in [-0.25, -0.2) is 4.52 Å². The zero-order chi connectivity index (χ0) is 22.1. The molecule has 0 saturated carbocycles. The highest BCUT2D eigenvalue weighted by Crippen LogP contribution is 2.37. The molecule has 0 bridgehead atoms. The van der Waals surface area contributed by atoms with Crippen molar-refractivity contribution in [2.45, 2.75) is 0 Å². The number of ether oxygens (including phenoxy) is 1. The molecule has 0 aliphatic heterocycles. The van der Waals surface area contributed by atoms with Crippen LogP contribution in [-0.4, -0.2) is 21.7 Å². The maximum absolute atomic E-state index is 12.7. The molecule has 2 heterocycles. The third-order valence-electron chi connectivity index (χ3n) is 5.06. The van der Waals surface area contributed by atoms with E-state index < -0.39 is 0 Å². The number of fused-ring (bicyclic) bond motifs is 3. The molecule has 3 aromatic carbocycles. The summed E-state index contributed by atoms with van der Waals surface area (Å²) < 4.78 is 6.77. The molecule has 0 radical (unpaired) electrons. The number of nitroso groups, excluding NO2 is 1. The van der Waals surface area contributed by atoms with Crippen molar-refractivity contribution in [2.75, 3.05) is 7.11 Å². The van der Waals surface area contributed by atoms with Gasteiger partial charge in [-0.1, -0.05) is 42.5 Å². The van der Waals surface area contributed by atoms with Gasteiger partial charge in [0, 0.05) is 11.6 Å². The Bertz CT molecular complexity index is 1550. The van der Waals surface area contributed by atoms with Crippen LogP contribution in [0.1, 0.15) is 0 Å². The van der Waals surface area contributed by atoms with Crippen LogP contribution in [0.25, 0.3) is 27.8 Å². The molecule has 0 spiro atoms. The zero-order valence-corrected chi connectivity index (χ0v) is 16.9. The summed E-state index contributed by atoms with van der Waals surface area (Å²) in [5.74, 6) is 0.482. The summed E-state index contributed by atoms with van der Waals surface area (Å²) >= 11 is 0. The summed E-state index contributed by atoms with van der Waals surface area (Å²) in [7, 11) is 1.50. The Hall–Kier alpha value is -4.66. The quantitative estimate of drug-likeness (QED) is 0.289. The van der Waals surface area contributed by atoms with Crippen LogP contribution in [0.2, 0.25) is 0 Å². The Morgan fingerprint density at radius 3 is 2.50 bits per heavy atom. The predicted molar refractivity (Wildman–Crippen MR) is 121 cm³/mol. The fraction of sp³-hybridized carbons (Fsp3) is 0.0435. The monoisotopic (exact) mass is 424 g/mol. The van der Waals surface area contributed by atoms with E-state index in [0.717, 1.165) is 5.56 Å². The molecule has 0 fully saturated rings. The zero-order valence-electron chi connectivity index (χ0n) is 16.9. The number of methoxy groups -OCH3 is 1. The van der Waals surface area contributed by atoms with E-state index in [0.29, 0.717) is 33.7 Å². The Morgan fingerprint density at radius 1 is 0.938 bits per heavy atom. The summed E-state index contributed by atoms with van der Waals surface area (Å²) in [6, 6.07) is 21.4. The summed E-state index contributed by atoms with van der Waals surface area (Å²) in [5.41, 5.74) is 2.84. The third kappa shape index (κ3) is 3.21. The fourth-order valence-electron chi connectivity index (χ4n) is 3.50. The highest BCUT2D eigenvalue weighted by Gasteiger charge is 2.18. The summed E-state index contributed by atoms with van der Waals surface area (Å²) in [4.78, 5) is 26.8. The Balaban J connectivity index is 1.77. The number of hydrogen-bond donors (Lipinski definition) is 1. The van der Waals surface area contributed by atoms with E-state index in [1.807, 2.05) is 42.5 Å². The molecule has 0 amide bonds. The van der Waals surface area contributed by atoms with Crippen LogP contribution in [0.15, 0.2) is 93.0 Å². The summed E-state index contributed by atoms with van der Waals surface area (Å²) in [6.07, 6.45) is 0. The number of aromatic nitrogens is 3. The van der Waals surface area contributed by atoms with Crippen molar-refractivity contribution in [1.29, 1.82) is 0 Å². The van der Waals surface area contributed by atoms with Gasteiger partial charge < -0.3 is 9.72 Å². The Kier molecular flexibility index (Phi) is 4.75. The molecule has 0 unspecified atom stereocenters. The molecule has 9 heteroatoms. The van der Waals surface area contributed by atoms with E-state index in [1.165, 1.54) is 13.2 Å². The van der Waals surface area contributed by atoms with Crippen LogP contribution < -0.4 is 10.3 Å². The smallest absolute Gasteiger partial charge is 0.259 e. The van der Waals surface area contributed by atoms with Crippen molar-refractivity contribution in [3.63, 3.8) is 0 Å². The normalized spacial score (nSPS) is 11.4. The number of hydrogen-bond acceptors (Lipinski definition) is 7. The molecule has 5 aromatic rings. The van der Waals surface area contributed by atoms with Gasteiger partial charge in [-0.05, 0) is 29.4 Å². The topological polar surface area (TPSA) is 114 Å². The summed E-state index contributed by atoms with van der Waals surface area (Å²) in [5, 5.41) is 16.9. The van der Waals surface area contributed by atoms with Crippen LogP contribution in [0.5, 0.6) is 5.75 Å². The van der Waals surface area contributed by atoms with Gasteiger partial charge in [0.2, 0.25) is 0 Å². The highest BCUT2D eigenvalue weighted by atomic mass is 16.5. The molecule has 0 saturated heterocycles. The minimum Gasteiger partial charge on any atom is -0.497 e. The van der Waals surface area contributed by atoms with E-state index in [1.54, 1.807) is 28.8 Å². The van der Waals surface area contributed by atoms with Crippen molar-refractivity contribution < 1.29 is 4.74 Å². The lowest BCUT2D eigenvalue weighted by atomic mass is 10.1. The highest BCUT2D eigenvalue weighted by molar-refractivity contribution is 5.88. The first-order valence-corrected chi connectivity index (χ1v) is 9.72. The first-order chi connectivity index (χ1) is 15.7. The molecule has 156 valence electrons. The number of nitrogens with zero attached hydrogens (tertiary/aromatic N) is 5. The molecule has 0 atom stereocenters. The largest absolute Gasteiger partial charge is 0.497 e. The minimum absolute atomic E-state index is 0.0878. The van der Waals surface area contributed by atoms with E-state index in [-0.39, 0.29) is 16.9 Å². The number of benzene rings is 3. The maximum atomic E-state index is 12.7. The number of para-hydroxylation sites is 1. The van der Waals surface area contributed by atoms with E-state index in [9.17, 15) is 9.70 Å². The van der Waals surface area contributed by atoms with Crippen LogP contribution in [-0.2, 0) is 0 Å². The average molecular weight is 424 g/mol. The second-order valence-electron chi connectivity index (χ2n) is 6.94. The van der Waals surface area contributed by atoms with Crippen LogP contribution in [0.4, 0.5) is 17.1 Å². The number of azo groups is 1. The molecule has 32 heavy (non-hydrogen) atoms. The maximum Gasteiger partial charge on any atom is 0.259 e. The van der Waals surface area contributed by atoms with Crippen molar-refractivity contribution in [3.05, 3.63) is 88.1 Å². The van der Waals surface area contributed by atoms with Crippen LogP contribution >= 0.6 is 0 Å². The minimum atomic E-state index is -0.260. The van der Waals surface area contributed by atoms with Gasteiger partial charge in [-0.2, -0.15) is 5.10 Å². The molecule has 2 aromatic heterocycles. The van der Waals surface area contributed by atoms with Crippen molar-refractivity contribution in [2.24, 2.45) is 15.4 Å². The van der Waals surface area contributed by atoms with Crippen molar-refractivity contribution in [3.8, 4) is 17.0 Å². The van der Waals surface area contributed by atoms with Gasteiger partial charge in [0.15, 0.2) is 11.3 Å². The van der Waals surface area contributed by atoms with Gasteiger partial charge in [-0.3, -0.25) is 4.79 Å². The molecule has 1 N–H and O–H groups in total. The number of aromatic amines is 1. The first kappa shape index (κ1) is 19.3. The average Bonchev–Trinajstić information content (AvgIpc) is 3.21.